The number of carbonyl (C=O) groups excluding carboxylic acids is 1. The van der Waals surface area contributed by atoms with E-state index in [1.165, 1.54) is 0 Å². The van der Waals surface area contributed by atoms with Crippen LogP contribution in [-0.4, -0.2) is 18.9 Å². The van der Waals surface area contributed by atoms with Crippen LogP contribution in [0.25, 0.3) is 0 Å². The molecule has 1 heterocycles. The summed E-state index contributed by atoms with van der Waals surface area (Å²) < 4.78 is 0. The van der Waals surface area contributed by atoms with Crippen LogP contribution in [0.1, 0.15) is 27.7 Å². The van der Waals surface area contributed by atoms with Crippen molar-refractivity contribution in [2.45, 2.75) is 33.7 Å². The van der Waals surface area contributed by atoms with Gasteiger partial charge < -0.3 is 10.1 Å². The Morgan fingerprint density at radius 1 is 1.42 bits per heavy atom. The Kier molecular flexibility index (Phi) is 2.57. The van der Waals surface area contributed by atoms with Crippen LogP contribution >= 0.6 is 0 Å². The van der Waals surface area contributed by atoms with E-state index in [0.717, 1.165) is 18.7 Å². The average molecular weight is 169 g/mol. The highest BCUT2D eigenvalue weighted by molar-refractivity contribution is 5.61. The summed E-state index contributed by atoms with van der Waals surface area (Å²) in [6.45, 7) is 9.54. The summed E-state index contributed by atoms with van der Waals surface area (Å²) in [6, 6.07) is 0.153. The highest BCUT2D eigenvalue weighted by Crippen LogP contribution is 2.61. The van der Waals surface area contributed by atoms with Crippen LogP contribution in [0.3, 0.4) is 0 Å². The van der Waals surface area contributed by atoms with Crippen LogP contribution in [0.15, 0.2) is 0 Å². The molecule has 0 spiro atoms. The molecule has 2 unspecified atom stereocenters. The van der Waals surface area contributed by atoms with Crippen LogP contribution in [0.2, 0.25) is 0 Å². The number of hydrogen-bond acceptors (Lipinski definition) is 2. The molecular formula is C10H19NO. The second-order valence-electron chi connectivity index (χ2n) is 4.02. The highest BCUT2D eigenvalue weighted by atomic mass is 16.1. The van der Waals surface area contributed by atoms with E-state index >= 15 is 0 Å². The molecule has 2 aliphatic rings. The van der Waals surface area contributed by atoms with Gasteiger partial charge in [-0.15, -0.1) is 0 Å². The van der Waals surface area contributed by atoms with E-state index in [4.69, 9.17) is 0 Å². The Bertz CT molecular complexity index is 177. The fraction of sp³-hybridized carbons (Fsp3) is 0.900. The Labute approximate surface area is 74.7 Å². The standard InChI is InChI=1S/C8H13NO.C2H6/c1-8(2)5-3-9-6(4-10)7(5)8;1-2/h4-7,9H,3H2,1-2H3;1-2H3/t5?,6-,7?;/m1./s1. The van der Waals surface area contributed by atoms with Crippen LogP contribution in [-0.2, 0) is 4.79 Å². The lowest BCUT2D eigenvalue weighted by Gasteiger charge is -2.12. The molecule has 1 N–H and O–H groups in total. The Morgan fingerprint density at radius 3 is 2.25 bits per heavy atom. The average Bonchev–Trinajstić information content (AvgIpc) is 2.54. The number of rotatable bonds is 1. The van der Waals surface area contributed by atoms with Gasteiger partial charge in [-0.25, -0.2) is 0 Å². The van der Waals surface area contributed by atoms with E-state index in [1.54, 1.807) is 0 Å². The molecule has 0 aromatic heterocycles. The van der Waals surface area contributed by atoms with Gasteiger partial charge in [0.15, 0.2) is 0 Å². The van der Waals surface area contributed by atoms with Crippen LogP contribution in [0.5, 0.6) is 0 Å². The van der Waals surface area contributed by atoms with E-state index < -0.39 is 0 Å². The van der Waals surface area contributed by atoms with E-state index in [9.17, 15) is 4.79 Å². The summed E-state index contributed by atoms with van der Waals surface area (Å²) in [4.78, 5) is 10.5. The smallest absolute Gasteiger partial charge is 0.137 e. The van der Waals surface area contributed by atoms with Gasteiger partial charge in [-0.2, -0.15) is 0 Å². The summed E-state index contributed by atoms with van der Waals surface area (Å²) in [5, 5.41) is 3.19. The Morgan fingerprint density at radius 2 is 2.00 bits per heavy atom. The molecule has 0 aromatic carbocycles. The van der Waals surface area contributed by atoms with Gasteiger partial charge in [-0.1, -0.05) is 27.7 Å². The summed E-state index contributed by atoms with van der Waals surface area (Å²) in [6.07, 6.45) is 1.05. The van der Waals surface area contributed by atoms with Crippen molar-refractivity contribution in [3.05, 3.63) is 0 Å². The van der Waals surface area contributed by atoms with Crippen molar-refractivity contribution >= 4 is 6.29 Å². The molecule has 0 radical (unpaired) electrons. The number of nitrogens with one attached hydrogen (secondary N) is 1. The third-order valence-corrected chi connectivity index (χ3v) is 3.25. The molecule has 1 saturated heterocycles. The van der Waals surface area contributed by atoms with E-state index in [2.05, 4.69) is 19.2 Å². The molecule has 0 amide bonds. The Balaban J connectivity index is 0.000000336. The predicted molar refractivity (Wildman–Crippen MR) is 50.0 cm³/mol. The Hall–Kier alpha value is -0.370. The largest absolute Gasteiger partial charge is 0.307 e. The first-order valence-electron chi connectivity index (χ1n) is 4.86. The van der Waals surface area contributed by atoms with Gasteiger partial charge in [0, 0.05) is 0 Å². The molecule has 1 aliphatic carbocycles. The van der Waals surface area contributed by atoms with E-state index in [0.29, 0.717) is 11.3 Å². The van der Waals surface area contributed by atoms with Crippen molar-refractivity contribution in [1.29, 1.82) is 0 Å². The van der Waals surface area contributed by atoms with Crippen molar-refractivity contribution in [1.82, 2.24) is 5.32 Å². The van der Waals surface area contributed by atoms with Crippen LogP contribution < -0.4 is 5.32 Å². The number of piperidine rings is 1. The van der Waals surface area contributed by atoms with Gasteiger partial charge >= 0.3 is 0 Å². The van der Waals surface area contributed by atoms with Crippen molar-refractivity contribution in [2.75, 3.05) is 6.54 Å². The number of carbonyl (C=O) groups is 1. The second-order valence-corrected chi connectivity index (χ2v) is 4.02. The number of hydrogen-bond donors (Lipinski definition) is 1. The first-order chi connectivity index (χ1) is 5.68. The molecule has 0 bridgehead atoms. The first-order valence-corrected chi connectivity index (χ1v) is 4.86. The highest BCUT2D eigenvalue weighted by Gasteiger charge is 2.63. The summed E-state index contributed by atoms with van der Waals surface area (Å²) in [5.41, 5.74) is 0.441. The topological polar surface area (TPSA) is 29.1 Å². The quantitative estimate of drug-likeness (QED) is 0.602. The van der Waals surface area contributed by atoms with Crippen LogP contribution in [0, 0.1) is 17.3 Å². The molecular weight excluding hydrogens is 150 g/mol. The second kappa shape index (κ2) is 3.17. The molecule has 1 saturated carbocycles. The maximum absolute atomic E-state index is 10.5. The maximum Gasteiger partial charge on any atom is 0.137 e. The SMILES string of the molecule is CC.CC1(C)C2CN[C@H](C=O)C21. The molecule has 1 aliphatic heterocycles. The van der Waals surface area contributed by atoms with E-state index in [1.807, 2.05) is 13.8 Å². The molecule has 2 rings (SSSR count). The lowest BCUT2D eigenvalue weighted by Crippen LogP contribution is -2.31. The third kappa shape index (κ3) is 1.18. The van der Waals surface area contributed by atoms with Gasteiger partial charge in [0.25, 0.3) is 0 Å². The van der Waals surface area contributed by atoms with Gasteiger partial charge in [0.05, 0.1) is 6.04 Å². The molecule has 70 valence electrons. The lowest BCUT2D eigenvalue weighted by molar-refractivity contribution is -0.109. The maximum atomic E-state index is 10.5. The zero-order valence-electron chi connectivity index (χ0n) is 8.42. The predicted octanol–water partition coefficient (Wildman–Crippen LogP) is 1.46. The summed E-state index contributed by atoms with van der Waals surface area (Å²) in [7, 11) is 0. The van der Waals surface area contributed by atoms with E-state index in [-0.39, 0.29) is 6.04 Å². The zero-order chi connectivity index (χ0) is 9.35. The molecule has 2 heteroatoms. The van der Waals surface area contributed by atoms with Crippen LogP contribution in [0.4, 0.5) is 0 Å². The fourth-order valence-electron chi connectivity index (χ4n) is 2.41. The molecule has 2 nitrogen and oxygen atoms in total. The van der Waals surface area contributed by atoms with Gasteiger partial charge in [-0.3, -0.25) is 0 Å². The minimum absolute atomic E-state index is 0.153. The molecule has 12 heavy (non-hydrogen) atoms. The fourth-order valence-corrected chi connectivity index (χ4v) is 2.41. The van der Waals surface area contributed by atoms with Crippen molar-refractivity contribution in [2.24, 2.45) is 17.3 Å². The molecule has 2 fully saturated rings. The third-order valence-electron chi connectivity index (χ3n) is 3.25. The van der Waals surface area contributed by atoms with Crippen molar-refractivity contribution in [3.63, 3.8) is 0 Å². The van der Waals surface area contributed by atoms with Gasteiger partial charge in [0.2, 0.25) is 0 Å². The lowest BCUT2D eigenvalue weighted by atomic mass is 10.0. The minimum atomic E-state index is 0.153. The van der Waals surface area contributed by atoms with Gasteiger partial charge in [0.1, 0.15) is 6.29 Å². The van der Waals surface area contributed by atoms with Gasteiger partial charge in [-0.05, 0) is 23.8 Å². The number of fused-ring (bicyclic) bond motifs is 1. The summed E-state index contributed by atoms with van der Waals surface area (Å²) in [5.74, 6) is 1.40. The van der Waals surface area contributed by atoms with Crippen molar-refractivity contribution < 1.29 is 4.79 Å². The number of aldehydes is 1. The minimum Gasteiger partial charge on any atom is -0.307 e. The van der Waals surface area contributed by atoms with Crippen molar-refractivity contribution in [3.8, 4) is 0 Å². The monoisotopic (exact) mass is 169 g/mol. The summed E-state index contributed by atoms with van der Waals surface area (Å²) >= 11 is 0. The molecule has 0 aromatic rings. The normalized spacial score (nSPS) is 40.8. The zero-order valence-corrected chi connectivity index (χ0v) is 8.42. The first kappa shape index (κ1) is 9.72. The molecule has 3 atom stereocenters.